The molecule has 5 heteroatoms. The summed E-state index contributed by atoms with van der Waals surface area (Å²) in [6.07, 6.45) is 0. The number of fused-ring (bicyclic) bond motifs is 7. The van der Waals surface area contributed by atoms with E-state index < -0.39 is 0 Å². The third-order valence-corrected chi connectivity index (χ3v) is 12.2. The van der Waals surface area contributed by atoms with E-state index in [4.69, 9.17) is 0 Å². The second kappa shape index (κ2) is 15.1. The van der Waals surface area contributed by atoms with Crippen LogP contribution in [0.5, 0.6) is 0 Å². The standard InChI is InChI=1S/C52H34N2S.H3PS/c1-2-13-35(14-3-1)36-27-30-40(31-28-36)53(47-24-11-16-37-15-4-5-19-42(37)47)41-18-10-17-38(33-41)39-29-32-44-43-20-6-8-23-48(43)54(50(44)34-39)49-25-12-22-46-45-21-7-9-26-51(45)55-52(46)49;1-2/h1-34H;2H,1H2. The van der Waals surface area contributed by atoms with Gasteiger partial charge in [0.25, 0.3) is 0 Å². The van der Waals surface area contributed by atoms with Gasteiger partial charge in [-0.2, -0.15) is 12.2 Å². The summed E-state index contributed by atoms with van der Waals surface area (Å²) in [5, 5.41) is 7.56. The molecule has 1 atom stereocenters. The monoisotopic (exact) mass is 784 g/mol. The molecule has 0 amide bonds. The molecule has 0 aliphatic heterocycles. The van der Waals surface area contributed by atoms with E-state index in [1.54, 1.807) is 0 Å². The van der Waals surface area contributed by atoms with E-state index in [0.717, 1.165) is 17.1 Å². The van der Waals surface area contributed by atoms with Gasteiger partial charge in [-0.15, -0.1) is 11.3 Å². The van der Waals surface area contributed by atoms with Gasteiger partial charge >= 0.3 is 0 Å². The van der Waals surface area contributed by atoms with E-state index in [1.165, 1.54) is 80.7 Å². The summed E-state index contributed by atoms with van der Waals surface area (Å²) in [7, 11) is 2.11. The number of hydrogen-bond acceptors (Lipinski definition) is 3. The minimum absolute atomic E-state index is 1.11. The van der Waals surface area contributed by atoms with Crippen molar-refractivity contribution in [1.82, 2.24) is 4.57 Å². The molecule has 57 heavy (non-hydrogen) atoms. The van der Waals surface area contributed by atoms with Crippen LogP contribution in [0.15, 0.2) is 206 Å². The van der Waals surface area contributed by atoms with Gasteiger partial charge in [0, 0.05) is 43.0 Å². The average molecular weight is 785 g/mol. The fourth-order valence-electron chi connectivity index (χ4n) is 8.41. The first-order chi connectivity index (χ1) is 28.3. The lowest BCUT2D eigenvalue weighted by Crippen LogP contribution is -2.10. The van der Waals surface area contributed by atoms with Crippen molar-refractivity contribution in [1.29, 1.82) is 0 Å². The molecule has 0 radical (unpaired) electrons. The van der Waals surface area contributed by atoms with Crippen LogP contribution in [0.3, 0.4) is 0 Å². The topological polar surface area (TPSA) is 8.17 Å². The molecule has 9 aromatic carbocycles. The van der Waals surface area contributed by atoms with E-state index in [-0.39, 0.29) is 0 Å². The van der Waals surface area contributed by atoms with E-state index in [2.05, 4.69) is 236 Å². The van der Waals surface area contributed by atoms with E-state index in [0.29, 0.717) is 0 Å². The molecule has 2 nitrogen and oxygen atoms in total. The molecule has 11 rings (SSSR count). The highest BCUT2D eigenvalue weighted by atomic mass is 32.7. The lowest BCUT2D eigenvalue weighted by molar-refractivity contribution is 1.20. The maximum Gasteiger partial charge on any atom is 0.0640 e. The van der Waals surface area contributed by atoms with Gasteiger partial charge in [0.1, 0.15) is 0 Å². The van der Waals surface area contributed by atoms with Gasteiger partial charge in [-0.25, -0.2) is 0 Å². The van der Waals surface area contributed by atoms with Crippen molar-refractivity contribution in [2.24, 2.45) is 0 Å². The van der Waals surface area contributed by atoms with Gasteiger partial charge in [-0.05, 0) is 82.2 Å². The molecule has 0 saturated carbocycles. The molecule has 0 bridgehead atoms. The van der Waals surface area contributed by atoms with Gasteiger partial charge in [0.2, 0.25) is 0 Å². The molecule has 0 aliphatic carbocycles. The molecule has 2 aromatic heterocycles. The summed E-state index contributed by atoms with van der Waals surface area (Å²) in [4.78, 5) is 2.40. The van der Waals surface area contributed by atoms with Crippen molar-refractivity contribution < 1.29 is 0 Å². The number of thiol groups is 1. The zero-order valence-corrected chi connectivity index (χ0v) is 33.8. The molecule has 2 heterocycles. The Morgan fingerprint density at radius 2 is 1.00 bits per heavy atom. The minimum Gasteiger partial charge on any atom is -0.310 e. The van der Waals surface area contributed by atoms with E-state index in [1.807, 2.05) is 11.3 Å². The Balaban J connectivity index is 0.00000195. The van der Waals surface area contributed by atoms with Gasteiger partial charge in [-0.1, -0.05) is 160 Å². The van der Waals surface area contributed by atoms with Crippen LogP contribution in [0, 0.1) is 0 Å². The van der Waals surface area contributed by atoms with Crippen LogP contribution in [0.4, 0.5) is 17.1 Å². The molecular formula is C52H37N2PS2. The second-order valence-corrected chi connectivity index (χ2v) is 15.2. The number of rotatable bonds is 6. The minimum atomic E-state index is 1.11. The van der Waals surface area contributed by atoms with Crippen LogP contribution in [0.1, 0.15) is 0 Å². The van der Waals surface area contributed by atoms with Crippen molar-refractivity contribution in [3.05, 3.63) is 206 Å². The Kier molecular flexibility index (Phi) is 9.32. The lowest BCUT2D eigenvalue weighted by Gasteiger charge is -2.27. The quantitative estimate of drug-likeness (QED) is 0.130. The highest BCUT2D eigenvalue weighted by Crippen LogP contribution is 2.43. The van der Waals surface area contributed by atoms with Crippen molar-refractivity contribution in [3.63, 3.8) is 0 Å². The third kappa shape index (κ3) is 6.18. The number of aromatic nitrogens is 1. The van der Waals surface area contributed by atoms with Crippen LogP contribution < -0.4 is 4.90 Å². The largest absolute Gasteiger partial charge is 0.310 e. The number of nitrogens with zero attached hydrogens (tertiary/aromatic N) is 2. The molecule has 272 valence electrons. The SMILES string of the molecule is PS.c1ccc(-c2ccc(N(c3cccc(-c4ccc5c6ccccc6n(-c6cccc7c6sc6ccccc67)c5c4)c3)c3cccc4ccccc34)cc2)cc1. The van der Waals surface area contributed by atoms with Gasteiger partial charge < -0.3 is 9.47 Å². The highest BCUT2D eigenvalue weighted by molar-refractivity contribution is 8.31. The summed E-state index contributed by atoms with van der Waals surface area (Å²) in [5.74, 6) is 0. The smallest absolute Gasteiger partial charge is 0.0640 e. The summed E-state index contributed by atoms with van der Waals surface area (Å²) >= 11 is 5.32. The molecule has 0 saturated heterocycles. The van der Waals surface area contributed by atoms with Gasteiger partial charge in [0.15, 0.2) is 0 Å². The van der Waals surface area contributed by atoms with Crippen molar-refractivity contribution in [2.75, 3.05) is 4.90 Å². The maximum atomic E-state index is 3.44. The Hall–Kier alpha value is -6.16. The Labute approximate surface area is 343 Å². The van der Waals surface area contributed by atoms with Crippen molar-refractivity contribution in [2.45, 2.75) is 0 Å². The zero-order valence-electron chi connectivity index (χ0n) is 31.0. The zero-order chi connectivity index (χ0) is 38.3. The molecular weight excluding hydrogens is 748 g/mol. The first kappa shape index (κ1) is 35.3. The van der Waals surface area contributed by atoms with Crippen LogP contribution in [-0.2, 0) is 0 Å². The fourth-order valence-corrected chi connectivity index (χ4v) is 9.61. The Bertz CT molecular complexity index is 3210. The molecule has 0 aliphatic rings. The maximum absolute atomic E-state index is 3.44. The third-order valence-electron chi connectivity index (χ3n) is 11.0. The summed E-state index contributed by atoms with van der Waals surface area (Å²) in [5.41, 5.74) is 11.8. The average Bonchev–Trinajstić information content (AvgIpc) is 3.84. The summed E-state index contributed by atoms with van der Waals surface area (Å²) in [6, 6.07) is 75.1. The molecule has 1 unspecified atom stereocenters. The van der Waals surface area contributed by atoms with Crippen LogP contribution in [0.2, 0.25) is 0 Å². The van der Waals surface area contributed by atoms with Crippen LogP contribution >= 0.6 is 32.0 Å². The highest BCUT2D eigenvalue weighted by Gasteiger charge is 2.19. The van der Waals surface area contributed by atoms with Gasteiger partial charge in [0.05, 0.1) is 27.1 Å². The van der Waals surface area contributed by atoms with Crippen molar-refractivity contribution >= 4 is 102 Å². The number of hydrogen-bond donors (Lipinski definition) is 1. The molecule has 11 aromatic rings. The normalized spacial score (nSPS) is 11.3. The first-order valence-corrected chi connectivity index (χ1v) is 21.9. The van der Waals surface area contributed by atoms with Crippen LogP contribution in [-0.4, -0.2) is 4.57 Å². The Morgan fingerprint density at radius 1 is 0.404 bits per heavy atom. The molecule has 0 spiro atoms. The second-order valence-electron chi connectivity index (χ2n) is 14.1. The number of para-hydroxylation sites is 1. The fraction of sp³-hybridized carbons (Fsp3) is 0. The number of benzene rings is 9. The number of thiophene rings is 1. The number of anilines is 3. The summed E-state index contributed by atoms with van der Waals surface area (Å²) < 4.78 is 5.10. The van der Waals surface area contributed by atoms with E-state index in [9.17, 15) is 0 Å². The molecule has 0 fully saturated rings. The predicted octanol–water partition coefficient (Wildman–Crippen LogP) is 15.8. The van der Waals surface area contributed by atoms with Gasteiger partial charge in [-0.3, -0.25) is 0 Å². The molecule has 0 N–H and O–H groups in total. The lowest BCUT2D eigenvalue weighted by atomic mass is 10.0. The van der Waals surface area contributed by atoms with Crippen LogP contribution in [0.25, 0.3) is 80.7 Å². The van der Waals surface area contributed by atoms with Crippen molar-refractivity contribution in [3.8, 4) is 27.9 Å². The summed E-state index contributed by atoms with van der Waals surface area (Å²) in [6.45, 7) is 0. The first-order valence-electron chi connectivity index (χ1n) is 19.0. The predicted molar refractivity (Wildman–Crippen MR) is 255 cm³/mol. The Morgan fingerprint density at radius 3 is 1.86 bits per heavy atom. The van der Waals surface area contributed by atoms with E-state index >= 15 is 0 Å².